The Hall–Kier alpha value is -2.73. The maximum absolute atomic E-state index is 13.1. The lowest BCUT2D eigenvalue weighted by Gasteiger charge is -2.52. The van der Waals surface area contributed by atoms with Gasteiger partial charge in [0.05, 0.1) is 17.2 Å². The molecule has 2 atom stereocenters. The summed E-state index contributed by atoms with van der Waals surface area (Å²) in [5.74, 6) is -0.0662. The number of likely N-dealkylation sites (tertiary alicyclic amines) is 1. The van der Waals surface area contributed by atoms with Gasteiger partial charge in [-0.05, 0) is 38.0 Å². The summed E-state index contributed by atoms with van der Waals surface area (Å²) in [4.78, 5) is 33.7. The molecule has 0 bridgehead atoms. The van der Waals surface area contributed by atoms with Gasteiger partial charge in [0.25, 0.3) is 5.91 Å². The van der Waals surface area contributed by atoms with Gasteiger partial charge in [0, 0.05) is 31.5 Å². The number of piperidine rings is 1. The van der Waals surface area contributed by atoms with Crippen molar-refractivity contribution in [3.05, 3.63) is 65.5 Å². The average molecular weight is 379 g/mol. The van der Waals surface area contributed by atoms with Gasteiger partial charge in [0.2, 0.25) is 5.91 Å². The largest absolute Gasteiger partial charge is 0.363 e. The monoisotopic (exact) mass is 379 g/mol. The minimum Gasteiger partial charge on any atom is -0.363 e. The lowest BCUT2D eigenvalue weighted by atomic mass is 9.85. The van der Waals surface area contributed by atoms with Crippen LogP contribution >= 0.6 is 0 Å². The first-order chi connectivity index (χ1) is 13.5. The normalized spacial score (nSPS) is 24.8. The van der Waals surface area contributed by atoms with Crippen molar-refractivity contribution < 1.29 is 14.3 Å². The molecular weight excluding hydrogens is 354 g/mol. The third-order valence-corrected chi connectivity index (χ3v) is 5.92. The number of hydrogen-bond donors (Lipinski definition) is 0. The van der Waals surface area contributed by atoms with Crippen LogP contribution in [0.5, 0.6) is 0 Å². The van der Waals surface area contributed by atoms with Crippen LogP contribution in [0.3, 0.4) is 0 Å². The zero-order chi connectivity index (χ0) is 19.7. The van der Waals surface area contributed by atoms with Crippen LogP contribution in [0.2, 0.25) is 0 Å². The Morgan fingerprint density at radius 2 is 2.04 bits per heavy atom. The van der Waals surface area contributed by atoms with Crippen molar-refractivity contribution in [3.8, 4) is 0 Å². The van der Waals surface area contributed by atoms with Gasteiger partial charge in [0.15, 0.2) is 0 Å². The van der Waals surface area contributed by atoms with Gasteiger partial charge in [-0.3, -0.25) is 14.6 Å². The summed E-state index contributed by atoms with van der Waals surface area (Å²) in [6.07, 6.45) is 2.38. The van der Waals surface area contributed by atoms with Crippen LogP contribution in [0.4, 0.5) is 0 Å². The molecule has 2 fully saturated rings. The van der Waals surface area contributed by atoms with Gasteiger partial charge in [-0.2, -0.15) is 0 Å². The number of amides is 2. The number of morpholine rings is 1. The second-order valence-electron chi connectivity index (χ2n) is 7.76. The molecule has 3 heterocycles. The molecule has 2 aromatic rings. The van der Waals surface area contributed by atoms with Crippen LogP contribution in [-0.2, 0) is 16.1 Å². The Morgan fingerprint density at radius 3 is 2.79 bits per heavy atom. The van der Waals surface area contributed by atoms with Crippen molar-refractivity contribution in [2.45, 2.75) is 38.5 Å². The van der Waals surface area contributed by atoms with E-state index < -0.39 is 5.60 Å². The quantitative estimate of drug-likeness (QED) is 0.822. The highest BCUT2D eigenvalue weighted by Gasteiger charge is 2.49. The first-order valence-electron chi connectivity index (χ1n) is 9.66. The smallest absolute Gasteiger partial charge is 0.255 e. The number of carbonyl (C=O) groups is 2. The molecule has 2 aliphatic heterocycles. The molecule has 0 aliphatic carbocycles. The number of benzene rings is 1. The molecule has 2 aliphatic rings. The van der Waals surface area contributed by atoms with E-state index in [1.165, 1.54) is 0 Å². The van der Waals surface area contributed by atoms with E-state index in [4.69, 9.17) is 4.74 Å². The average Bonchev–Trinajstić information content (AvgIpc) is 2.71. The van der Waals surface area contributed by atoms with Gasteiger partial charge >= 0.3 is 0 Å². The van der Waals surface area contributed by atoms with E-state index in [-0.39, 0.29) is 24.5 Å². The first-order valence-corrected chi connectivity index (χ1v) is 9.66. The summed E-state index contributed by atoms with van der Waals surface area (Å²) >= 11 is 0. The minimum absolute atomic E-state index is 0.0295. The van der Waals surface area contributed by atoms with Crippen LogP contribution in [0.15, 0.2) is 48.7 Å². The maximum Gasteiger partial charge on any atom is 0.255 e. The fourth-order valence-corrected chi connectivity index (χ4v) is 4.14. The zero-order valence-corrected chi connectivity index (χ0v) is 16.3. The summed E-state index contributed by atoms with van der Waals surface area (Å²) < 4.78 is 5.97. The van der Waals surface area contributed by atoms with Crippen LogP contribution in [0, 0.1) is 6.92 Å². The fraction of sp³-hybridized carbons (Fsp3) is 0.409. The predicted molar refractivity (Wildman–Crippen MR) is 105 cm³/mol. The van der Waals surface area contributed by atoms with Crippen LogP contribution in [-0.4, -0.2) is 57.9 Å². The topological polar surface area (TPSA) is 62.7 Å². The summed E-state index contributed by atoms with van der Waals surface area (Å²) in [6, 6.07) is 13.4. The number of ether oxygens (including phenoxy) is 1. The molecular formula is C22H25N3O3. The third kappa shape index (κ3) is 3.40. The van der Waals surface area contributed by atoms with E-state index in [2.05, 4.69) is 11.9 Å². The number of pyridine rings is 1. The molecule has 6 heteroatoms. The number of rotatable bonds is 3. The van der Waals surface area contributed by atoms with Crippen molar-refractivity contribution in [1.29, 1.82) is 0 Å². The summed E-state index contributed by atoms with van der Waals surface area (Å²) in [7, 11) is 0. The Kier molecular flexibility index (Phi) is 4.89. The molecule has 0 saturated carbocycles. The van der Waals surface area contributed by atoms with Gasteiger partial charge in [-0.25, -0.2) is 0 Å². The van der Waals surface area contributed by atoms with Gasteiger partial charge < -0.3 is 14.5 Å². The standard InChI is InChI=1S/C22H25N3O3/c1-16-18(9-6-11-23-16)21(27)24-12-10-22(2)19(14-24)25(20(26)15-28-22)13-17-7-4-3-5-8-17/h3-9,11,19H,10,12-15H2,1-2H3/t19-,22-/m1/s1. The highest BCUT2D eigenvalue weighted by Crippen LogP contribution is 2.35. The molecule has 1 aromatic heterocycles. The molecule has 4 rings (SSSR count). The van der Waals surface area contributed by atoms with Crippen molar-refractivity contribution in [2.75, 3.05) is 19.7 Å². The second-order valence-corrected chi connectivity index (χ2v) is 7.76. The zero-order valence-electron chi connectivity index (χ0n) is 16.3. The van der Waals surface area contributed by atoms with E-state index in [0.29, 0.717) is 31.6 Å². The molecule has 1 aromatic carbocycles. The highest BCUT2D eigenvalue weighted by atomic mass is 16.5. The van der Waals surface area contributed by atoms with Crippen LogP contribution in [0.1, 0.15) is 35.0 Å². The molecule has 6 nitrogen and oxygen atoms in total. The molecule has 0 radical (unpaired) electrons. The first kappa shape index (κ1) is 18.6. The van der Waals surface area contributed by atoms with Crippen molar-refractivity contribution >= 4 is 11.8 Å². The molecule has 0 N–H and O–H groups in total. The highest BCUT2D eigenvalue weighted by molar-refractivity contribution is 5.95. The molecule has 2 saturated heterocycles. The molecule has 0 unspecified atom stereocenters. The fourth-order valence-electron chi connectivity index (χ4n) is 4.14. The molecule has 2 amide bonds. The number of fused-ring (bicyclic) bond motifs is 1. The Labute approximate surface area is 165 Å². The maximum atomic E-state index is 13.1. The summed E-state index contributed by atoms with van der Waals surface area (Å²) in [5.41, 5.74) is 1.97. The summed E-state index contributed by atoms with van der Waals surface area (Å²) in [5, 5.41) is 0. The molecule has 28 heavy (non-hydrogen) atoms. The van der Waals surface area contributed by atoms with E-state index in [9.17, 15) is 9.59 Å². The molecule has 0 spiro atoms. The van der Waals surface area contributed by atoms with Gasteiger partial charge in [-0.15, -0.1) is 0 Å². The van der Waals surface area contributed by atoms with Crippen LogP contribution in [0.25, 0.3) is 0 Å². The Bertz CT molecular complexity index is 886. The summed E-state index contributed by atoms with van der Waals surface area (Å²) in [6.45, 7) is 5.58. The van der Waals surface area contributed by atoms with Crippen molar-refractivity contribution in [2.24, 2.45) is 0 Å². The van der Waals surface area contributed by atoms with Crippen LogP contribution < -0.4 is 0 Å². The Balaban J connectivity index is 1.59. The van der Waals surface area contributed by atoms with Gasteiger partial charge in [-0.1, -0.05) is 30.3 Å². The number of hydrogen-bond acceptors (Lipinski definition) is 4. The van der Waals surface area contributed by atoms with Crippen molar-refractivity contribution in [3.63, 3.8) is 0 Å². The van der Waals surface area contributed by atoms with E-state index in [0.717, 1.165) is 11.3 Å². The molecule has 146 valence electrons. The third-order valence-electron chi connectivity index (χ3n) is 5.92. The van der Waals surface area contributed by atoms with Gasteiger partial charge in [0.1, 0.15) is 6.61 Å². The van der Waals surface area contributed by atoms with E-state index in [1.807, 2.05) is 53.1 Å². The number of carbonyl (C=O) groups excluding carboxylic acids is 2. The number of nitrogens with zero attached hydrogens (tertiary/aromatic N) is 3. The predicted octanol–water partition coefficient (Wildman–Crippen LogP) is 2.42. The van der Waals surface area contributed by atoms with E-state index >= 15 is 0 Å². The SMILES string of the molecule is Cc1ncccc1C(=O)N1CC[C@@]2(C)OCC(=O)N(Cc3ccccc3)[C@@H]2C1. The lowest BCUT2D eigenvalue weighted by molar-refractivity contribution is -0.186. The number of aryl methyl sites for hydroxylation is 1. The second kappa shape index (κ2) is 7.36. The minimum atomic E-state index is -0.441. The Morgan fingerprint density at radius 1 is 1.25 bits per heavy atom. The lowest BCUT2D eigenvalue weighted by Crippen LogP contribution is -2.67. The number of aromatic nitrogens is 1. The van der Waals surface area contributed by atoms with Crippen molar-refractivity contribution in [1.82, 2.24) is 14.8 Å². The van der Waals surface area contributed by atoms with E-state index in [1.54, 1.807) is 12.3 Å².